The van der Waals surface area contributed by atoms with Crippen LogP contribution in [0.2, 0.25) is 0 Å². The fourth-order valence-corrected chi connectivity index (χ4v) is 3.07. The van der Waals surface area contributed by atoms with E-state index in [0.717, 1.165) is 5.39 Å². The molecule has 8 heteroatoms. The minimum Gasteiger partial charge on any atom is -0.506 e. The Morgan fingerprint density at radius 1 is 0.964 bits per heavy atom. The fourth-order valence-electron chi connectivity index (χ4n) is 3.07. The van der Waals surface area contributed by atoms with E-state index in [4.69, 9.17) is 9.47 Å². The number of amides is 2. The van der Waals surface area contributed by atoms with Gasteiger partial charge in [0.1, 0.15) is 11.3 Å². The van der Waals surface area contributed by atoms with Crippen LogP contribution < -0.4 is 0 Å². The van der Waals surface area contributed by atoms with Gasteiger partial charge in [0.05, 0.1) is 6.61 Å². The summed E-state index contributed by atoms with van der Waals surface area (Å²) >= 11 is 0. The third-order valence-electron chi connectivity index (χ3n) is 4.61. The van der Waals surface area contributed by atoms with Gasteiger partial charge in [-0.1, -0.05) is 30.3 Å². The van der Waals surface area contributed by atoms with Crippen molar-refractivity contribution in [3.63, 3.8) is 0 Å². The van der Waals surface area contributed by atoms with Gasteiger partial charge < -0.3 is 24.4 Å². The molecule has 2 aromatic rings. The highest BCUT2D eigenvalue weighted by molar-refractivity contribution is 6.01. The zero-order chi connectivity index (χ0) is 20.1. The van der Waals surface area contributed by atoms with Crippen LogP contribution in [0, 0.1) is 0 Å². The van der Waals surface area contributed by atoms with Crippen molar-refractivity contribution in [2.45, 2.75) is 6.92 Å². The summed E-state index contributed by atoms with van der Waals surface area (Å²) in [6.07, 6.45) is -0.396. The molecule has 1 heterocycles. The molecule has 0 unspecified atom stereocenters. The molecule has 1 N–H and O–H groups in total. The molecule has 0 spiro atoms. The van der Waals surface area contributed by atoms with Crippen LogP contribution in [0.25, 0.3) is 10.8 Å². The molecule has 1 aliphatic heterocycles. The van der Waals surface area contributed by atoms with Crippen LogP contribution >= 0.6 is 0 Å². The molecule has 2 amide bonds. The van der Waals surface area contributed by atoms with Gasteiger partial charge in [-0.3, -0.25) is 4.79 Å². The molecule has 2 aromatic carbocycles. The standard InChI is InChI=1S/C20H22N2O6/c1-2-27-20(26)22-11-9-21(10-12-22)17(23)13-28-19(25)16-8-7-14-5-3-4-6-15(14)18(16)24/h3-8,24H,2,9-13H2,1H3. The lowest BCUT2D eigenvalue weighted by Gasteiger charge is -2.33. The first-order valence-corrected chi connectivity index (χ1v) is 9.08. The number of hydrogen-bond donors (Lipinski definition) is 1. The van der Waals surface area contributed by atoms with E-state index < -0.39 is 18.7 Å². The van der Waals surface area contributed by atoms with E-state index in [0.29, 0.717) is 38.2 Å². The van der Waals surface area contributed by atoms with E-state index in [1.807, 2.05) is 12.1 Å². The molecular formula is C20H22N2O6. The van der Waals surface area contributed by atoms with Gasteiger partial charge in [0.15, 0.2) is 6.61 Å². The number of carbonyl (C=O) groups excluding carboxylic acids is 3. The van der Waals surface area contributed by atoms with Crippen LogP contribution in [-0.4, -0.2) is 72.3 Å². The van der Waals surface area contributed by atoms with Crippen LogP contribution in [0.5, 0.6) is 5.75 Å². The molecule has 28 heavy (non-hydrogen) atoms. The molecule has 8 nitrogen and oxygen atoms in total. The van der Waals surface area contributed by atoms with Crippen molar-refractivity contribution in [1.82, 2.24) is 9.80 Å². The van der Waals surface area contributed by atoms with Gasteiger partial charge >= 0.3 is 12.1 Å². The van der Waals surface area contributed by atoms with E-state index in [2.05, 4.69) is 0 Å². The number of rotatable bonds is 4. The van der Waals surface area contributed by atoms with Crippen LogP contribution in [0.1, 0.15) is 17.3 Å². The Balaban J connectivity index is 1.55. The summed E-state index contributed by atoms with van der Waals surface area (Å²) in [5, 5.41) is 11.7. The summed E-state index contributed by atoms with van der Waals surface area (Å²) in [6, 6.07) is 10.3. The maximum Gasteiger partial charge on any atom is 0.409 e. The largest absolute Gasteiger partial charge is 0.506 e. The monoisotopic (exact) mass is 386 g/mol. The number of hydrogen-bond acceptors (Lipinski definition) is 6. The topological polar surface area (TPSA) is 96.4 Å². The molecule has 0 bridgehead atoms. The zero-order valence-corrected chi connectivity index (χ0v) is 15.6. The number of piperazine rings is 1. The quantitative estimate of drug-likeness (QED) is 0.808. The Morgan fingerprint density at radius 2 is 1.64 bits per heavy atom. The molecule has 1 aliphatic rings. The number of phenolic OH excluding ortho intramolecular Hbond substituents is 1. The Hall–Kier alpha value is -3.29. The number of fused-ring (bicyclic) bond motifs is 1. The Morgan fingerprint density at radius 3 is 2.36 bits per heavy atom. The molecule has 0 atom stereocenters. The summed E-state index contributed by atoms with van der Waals surface area (Å²) in [4.78, 5) is 39.3. The number of esters is 1. The van der Waals surface area contributed by atoms with E-state index >= 15 is 0 Å². The van der Waals surface area contributed by atoms with Crippen molar-refractivity contribution in [1.29, 1.82) is 0 Å². The molecule has 0 saturated carbocycles. The Bertz CT molecular complexity index is 889. The molecule has 0 radical (unpaired) electrons. The van der Waals surface area contributed by atoms with Crippen molar-refractivity contribution < 1.29 is 29.0 Å². The van der Waals surface area contributed by atoms with Gasteiger partial charge in [-0.2, -0.15) is 0 Å². The number of benzene rings is 2. The second-order valence-electron chi connectivity index (χ2n) is 6.33. The second kappa shape index (κ2) is 8.60. The van der Waals surface area contributed by atoms with E-state index in [9.17, 15) is 19.5 Å². The first-order valence-electron chi connectivity index (χ1n) is 9.08. The van der Waals surface area contributed by atoms with E-state index in [1.165, 1.54) is 15.9 Å². The zero-order valence-electron chi connectivity index (χ0n) is 15.6. The minimum absolute atomic E-state index is 0.0126. The number of carbonyl (C=O) groups is 3. The molecule has 0 aromatic heterocycles. The molecule has 3 rings (SSSR count). The first kappa shape index (κ1) is 19.5. The lowest BCUT2D eigenvalue weighted by atomic mass is 10.1. The molecule has 0 aliphatic carbocycles. The summed E-state index contributed by atoms with van der Waals surface area (Å²) in [7, 11) is 0. The normalized spacial score (nSPS) is 14.0. The highest BCUT2D eigenvalue weighted by atomic mass is 16.6. The summed E-state index contributed by atoms with van der Waals surface area (Å²) in [5.41, 5.74) is 0.0126. The average Bonchev–Trinajstić information content (AvgIpc) is 2.72. The summed E-state index contributed by atoms with van der Waals surface area (Å²) in [6.45, 7) is 3.03. The summed E-state index contributed by atoms with van der Waals surface area (Å²) in [5.74, 6) is -1.28. The van der Waals surface area contributed by atoms with Gasteiger partial charge in [0, 0.05) is 31.6 Å². The molecule has 148 valence electrons. The first-order chi connectivity index (χ1) is 13.5. The lowest BCUT2D eigenvalue weighted by molar-refractivity contribution is -0.136. The van der Waals surface area contributed by atoms with Crippen LogP contribution in [0.15, 0.2) is 36.4 Å². The lowest BCUT2D eigenvalue weighted by Crippen LogP contribution is -2.51. The van der Waals surface area contributed by atoms with E-state index in [1.54, 1.807) is 25.1 Å². The SMILES string of the molecule is CCOC(=O)N1CCN(C(=O)COC(=O)c2ccc3ccccc3c2O)CC1. The maximum absolute atomic E-state index is 12.3. The van der Waals surface area contributed by atoms with Crippen molar-refractivity contribution in [3.8, 4) is 5.75 Å². The molecular weight excluding hydrogens is 364 g/mol. The average molecular weight is 386 g/mol. The van der Waals surface area contributed by atoms with Crippen LogP contribution in [0.4, 0.5) is 4.79 Å². The van der Waals surface area contributed by atoms with Gasteiger partial charge in [0.2, 0.25) is 0 Å². The Kier molecular flexibility index (Phi) is 5.98. The second-order valence-corrected chi connectivity index (χ2v) is 6.33. The molecule has 1 saturated heterocycles. The predicted molar refractivity (Wildman–Crippen MR) is 101 cm³/mol. The number of nitrogens with zero attached hydrogens (tertiary/aromatic N) is 2. The number of phenols is 1. The van der Waals surface area contributed by atoms with Crippen molar-refractivity contribution in [2.24, 2.45) is 0 Å². The number of aromatic hydroxyl groups is 1. The Labute approximate surface area is 162 Å². The predicted octanol–water partition coefficient (Wildman–Crippen LogP) is 2.00. The highest BCUT2D eigenvalue weighted by Crippen LogP contribution is 2.29. The highest BCUT2D eigenvalue weighted by Gasteiger charge is 2.26. The van der Waals surface area contributed by atoms with Gasteiger partial charge in [-0.05, 0) is 18.4 Å². The van der Waals surface area contributed by atoms with Crippen molar-refractivity contribution in [2.75, 3.05) is 39.4 Å². The third-order valence-corrected chi connectivity index (χ3v) is 4.61. The number of ether oxygens (including phenoxy) is 2. The third kappa shape index (κ3) is 4.16. The van der Waals surface area contributed by atoms with Gasteiger partial charge in [-0.15, -0.1) is 0 Å². The minimum atomic E-state index is -0.762. The van der Waals surface area contributed by atoms with Crippen molar-refractivity contribution in [3.05, 3.63) is 42.0 Å². The maximum atomic E-state index is 12.3. The van der Waals surface area contributed by atoms with Gasteiger partial charge in [0.25, 0.3) is 5.91 Å². The van der Waals surface area contributed by atoms with Gasteiger partial charge in [-0.25, -0.2) is 9.59 Å². The van der Waals surface area contributed by atoms with Crippen LogP contribution in [0.3, 0.4) is 0 Å². The van der Waals surface area contributed by atoms with Crippen LogP contribution in [-0.2, 0) is 14.3 Å². The van der Waals surface area contributed by atoms with E-state index in [-0.39, 0.29) is 17.2 Å². The van der Waals surface area contributed by atoms with Crippen molar-refractivity contribution >= 4 is 28.7 Å². The summed E-state index contributed by atoms with van der Waals surface area (Å²) < 4.78 is 10.0. The fraction of sp³-hybridized carbons (Fsp3) is 0.350. The molecule has 1 fully saturated rings. The smallest absolute Gasteiger partial charge is 0.409 e.